The van der Waals surface area contributed by atoms with Crippen molar-refractivity contribution in [2.45, 2.75) is 64.7 Å². The zero-order chi connectivity index (χ0) is 14.7. The van der Waals surface area contributed by atoms with E-state index < -0.39 is 15.9 Å². The summed E-state index contributed by atoms with van der Waals surface area (Å²) in [6, 6.07) is 5.79. The number of hydrogen-bond donors (Lipinski definition) is 1. The van der Waals surface area contributed by atoms with E-state index >= 15 is 0 Å². The molecule has 108 valence electrons. The predicted octanol–water partition coefficient (Wildman–Crippen LogP) is 3.08. The monoisotopic (exact) mass is 281 g/mol. The van der Waals surface area contributed by atoms with Gasteiger partial charge in [-0.25, -0.2) is 0 Å². The maximum Gasteiger partial charge on any atom is 0.168 e. The standard InChI is InChI=1S/C15H27NO2Si/c1-7-12(17)11-9-8-10-13(16-11)15(5,6)18-19-14(2,3)4/h8-10,12,17H,7,19H2,1-6H3. The molecule has 0 aliphatic carbocycles. The van der Waals surface area contributed by atoms with Crippen LogP contribution in [0.1, 0.15) is 65.5 Å². The Morgan fingerprint density at radius 3 is 2.42 bits per heavy atom. The lowest BCUT2D eigenvalue weighted by atomic mass is 10.0. The van der Waals surface area contributed by atoms with Crippen LogP contribution in [0.25, 0.3) is 0 Å². The summed E-state index contributed by atoms with van der Waals surface area (Å²) in [5, 5.41) is 10.1. The fraction of sp³-hybridized carbons (Fsp3) is 0.667. The second-order valence-corrected chi connectivity index (χ2v) is 9.43. The van der Waals surface area contributed by atoms with Crippen LogP contribution in [-0.4, -0.2) is 19.9 Å². The minimum absolute atomic E-state index is 0.262. The van der Waals surface area contributed by atoms with E-state index in [0.29, 0.717) is 6.42 Å². The summed E-state index contributed by atoms with van der Waals surface area (Å²) in [5.74, 6) is 0. The minimum Gasteiger partial charge on any atom is -0.413 e. The van der Waals surface area contributed by atoms with E-state index in [4.69, 9.17) is 4.43 Å². The van der Waals surface area contributed by atoms with E-state index in [9.17, 15) is 5.11 Å². The molecule has 0 fully saturated rings. The fourth-order valence-corrected chi connectivity index (χ4v) is 2.59. The van der Waals surface area contributed by atoms with Crippen molar-refractivity contribution in [2.75, 3.05) is 0 Å². The van der Waals surface area contributed by atoms with Gasteiger partial charge in [0.15, 0.2) is 9.76 Å². The molecule has 0 radical (unpaired) electrons. The first-order chi connectivity index (χ1) is 8.65. The van der Waals surface area contributed by atoms with E-state index in [1.54, 1.807) is 0 Å². The predicted molar refractivity (Wildman–Crippen MR) is 81.9 cm³/mol. The highest BCUT2D eigenvalue weighted by Gasteiger charge is 2.26. The molecule has 1 aromatic heterocycles. The summed E-state index contributed by atoms with van der Waals surface area (Å²) in [6.45, 7) is 12.7. The Kier molecular flexibility index (Phi) is 5.30. The summed E-state index contributed by atoms with van der Waals surface area (Å²) < 4.78 is 6.14. The molecule has 1 N–H and O–H groups in total. The molecule has 0 aliphatic rings. The van der Waals surface area contributed by atoms with Crippen molar-refractivity contribution < 1.29 is 9.53 Å². The first-order valence-electron chi connectivity index (χ1n) is 6.95. The Labute approximate surface area is 119 Å². The van der Waals surface area contributed by atoms with Gasteiger partial charge >= 0.3 is 0 Å². The van der Waals surface area contributed by atoms with Crippen molar-refractivity contribution in [3.05, 3.63) is 29.6 Å². The van der Waals surface area contributed by atoms with E-state index in [1.165, 1.54) is 0 Å². The molecule has 0 amide bonds. The lowest BCUT2D eigenvalue weighted by Gasteiger charge is -2.30. The highest BCUT2D eigenvalue weighted by atomic mass is 28.2. The van der Waals surface area contributed by atoms with E-state index in [0.717, 1.165) is 11.4 Å². The molecule has 0 aliphatic heterocycles. The molecular formula is C15H27NO2Si. The third-order valence-electron chi connectivity index (χ3n) is 2.98. The van der Waals surface area contributed by atoms with Gasteiger partial charge in [0.05, 0.1) is 23.1 Å². The molecule has 3 nitrogen and oxygen atoms in total. The average Bonchev–Trinajstić information content (AvgIpc) is 2.35. The van der Waals surface area contributed by atoms with Gasteiger partial charge in [-0.15, -0.1) is 0 Å². The van der Waals surface area contributed by atoms with Crippen molar-refractivity contribution in [1.82, 2.24) is 4.98 Å². The van der Waals surface area contributed by atoms with Crippen molar-refractivity contribution in [3.8, 4) is 0 Å². The van der Waals surface area contributed by atoms with Gasteiger partial charge in [0.2, 0.25) is 0 Å². The van der Waals surface area contributed by atoms with Crippen LogP contribution in [0.15, 0.2) is 18.2 Å². The van der Waals surface area contributed by atoms with Crippen molar-refractivity contribution in [2.24, 2.45) is 0 Å². The Bertz CT molecular complexity index is 413. The zero-order valence-corrected chi connectivity index (χ0v) is 14.4. The molecule has 1 rings (SSSR count). The van der Waals surface area contributed by atoms with Gasteiger partial charge in [0.25, 0.3) is 0 Å². The van der Waals surface area contributed by atoms with Crippen molar-refractivity contribution in [3.63, 3.8) is 0 Å². The zero-order valence-electron chi connectivity index (χ0n) is 13.0. The van der Waals surface area contributed by atoms with Crippen LogP contribution in [-0.2, 0) is 10.0 Å². The molecule has 0 aromatic carbocycles. The second-order valence-electron chi connectivity index (χ2n) is 6.73. The molecule has 1 atom stereocenters. The van der Waals surface area contributed by atoms with Crippen LogP contribution in [0, 0.1) is 0 Å². The summed E-state index contributed by atoms with van der Waals surface area (Å²) in [5.41, 5.74) is 1.24. The van der Waals surface area contributed by atoms with Crippen LogP contribution in [0.2, 0.25) is 5.04 Å². The number of aliphatic hydroxyl groups is 1. The van der Waals surface area contributed by atoms with Crippen LogP contribution < -0.4 is 0 Å². The van der Waals surface area contributed by atoms with Gasteiger partial charge in [0, 0.05) is 0 Å². The highest BCUT2D eigenvalue weighted by Crippen LogP contribution is 2.29. The molecule has 0 saturated heterocycles. The van der Waals surface area contributed by atoms with Gasteiger partial charge < -0.3 is 9.53 Å². The van der Waals surface area contributed by atoms with Crippen molar-refractivity contribution in [1.29, 1.82) is 0 Å². The summed E-state index contributed by atoms with van der Waals surface area (Å²) in [7, 11) is -0.638. The smallest absolute Gasteiger partial charge is 0.168 e. The molecule has 1 unspecified atom stereocenters. The molecule has 0 saturated carbocycles. The molecule has 0 spiro atoms. The molecular weight excluding hydrogens is 254 g/mol. The third-order valence-corrected chi connectivity index (χ3v) is 4.71. The number of aliphatic hydroxyl groups excluding tert-OH is 1. The summed E-state index contributed by atoms with van der Waals surface area (Å²) in [4.78, 5) is 4.56. The van der Waals surface area contributed by atoms with E-state index in [2.05, 4.69) is 39.6 Å². The van der Waals surface area contributed by atoms with Gasteiger partial charge in [-0.3, -0.25) is 4.98 Å². The quantitative estimate of drug-likeness (QED) is 0.843. The van der Waals surface area contributed by atoms with Gasteiger partial charge in [-0.2, -0.15) is 0 Å². The topological polar surface area (TPSA) is 42.4 Å². The van der Waals surface area contributed by atoms with Gasteiger partial charge in [-0.05, 0) is 37.4 Å². The number of hydrogen-bond acceptors (Lipinski definition) is 3. The first kappa shape index (κ1) is 16.3. The number of pyridine rings is 1. The minimum atomic E-state index is -0.638. The summed E-state index contributed by atoms with van der Waals surface area (Å²) >= 11 is 0. The Balaban J connectivity index is 2.88. The first-order valence-corrected chi connectivity index (χ1v) is 8.23. The lowest BCUT2D eigenvalue weighted by Crippen LogP contribution is -2.29. The molecule has 19 heavy (non-hydrogen) atoms. The largest absolute Gasteiger partial charge is 0.413 e. The van der Waals surface area contributed by atoms with E-state index in [1.807, 2.05) is 25.1 Å². The van der Waals surface area contributed by atoms with Gasteiger partial charge in [0.1, 0.15) is 0 Å². The van der Waals surface area contributed by atoms with Crippen LogP contribution in [0.5, 0.6) is 0 Å². The van der Waals surface area contributed by atoms with Crippen LogP contribution in [0.3, 0.4) is 0 Å². The molecule has 0 bridgehead atoms. The summed E-state index contributed by atoms with van der Waals surface area (Å²) in [6.07, 6.45) is 0.185. The number of aromatic nitrogens is 1. The fourth-order valence-electron chi connectivity index (χ4n) is 1.65. The third kappa shape index (κ3) is 5.05. The Hall–Kier alpha value is -0.713. The average molecular weight is 281 g/mol. The van der Waals surface area contributed by atoms with Crippen LogP contribution in [0.4, 0.5) is 0 Å². The van der Waals surface area contributed by atoms with Crippen molar-refractivity contribution >= 4 is 9.76 Å². The Morgan fingerprint density at radius 2 is 1.89 bits per heavy atom. The maximum absolute atomic E-state index is 9.88. The van der Waals surface area contributed by atoms with Gasteiger partial charge in [-0.1, -0.05) is 33.8 Å². The number of rotatable bonds is 5. The van der Waals surface area contributed by atoms with E-state index in [-0.39, 0.29) is 10.6 Å². The molecule has 4 heteroatoms. The maximum atomic E-state index is 9.88. The molecule has 1 aromatic rings. The Morgan fingerprint density at radius 1 is 1.26 bits per heavy atom. The number of nitrogens with zero attached hydrogens (tertiary/aromatic N) is 1. The SMILES string of the molecule is CCC(O)c1cccc(C(C)(C)O[SiH2]C(C)(C)C)n1. The normalized spacial score (nSPS) is 15.1. The van der Waals surface area contributed by atoms with Crippen LogP contribution >= 0.6 is 0 Å². The lowest BCUT2D eigenvalue weighted by molar-refractivity contribution is 0.102. The molecule has 1 heterocycles. The highest BCUT2D eigenvalue weighted by molar-refractivity contribution is 6.31. The second kappa shape index (κ2) is 6.16.